The molecule has 102 valence electrons. The molecule has 1 unspecified atom stereocenters. The highest BCUT2D eigenvalue weighted by Gasteiger charge is 2.13. The predicted molar refractivity (Wildman–Crippen MR) is 85.7 cm³/mol. The van der Waals surface area contributed by atoms with E-state index in [9.17, 15) is 0 Å². The van der Waals surface area contributed by atoms with E-state index in [0.717, 1.165) is 19.4 Å². The minimum Gasteiger partial charge on any atom is -0.310 e. The summed E-state index contributed by atoms with van der Waals surface area (Å²) in [6.07, 6.45) is 3.97. The molecule has 1 aromatic heterocycles. The topological polar surface area (TPSA) is 24.9 Å². The minimum absolute atomic E-state index is 0.336. The van der Waals surface area contributed by atoms with Crippen molar-refractivity contribution >= 4 is 27.3 Å². The molecule has 0 bridgehead atoms. The summed E-state index contributed by atoms with van der Waals surface area (Å²) < 4.78 is 1.17. The molecule has 0 saturated carbocycles. The highest BCUT2D eigenvalue weighted by molar-refractivity contribution is 9.10. The van der Waals surface area contributed by atoms with Gasteiger partial charge in [-0.1, -0.05) is 35.0 Å². The first-order valence-electron chi connectivity index (χ1n) is 6.58. The normalized spacial score (nSPS) is 12.6. The van der Waals surface area contributed by atoms with Gasteiger partial charge in [0, 0.05) is 28.5 Å². The van der Waals surface area contributed by atoms with Gasteiger partial charge in [-0.25, -0.2) is 4.98 Å². The van der Waals surface area contributed by atoms with Crippen molar-refractivity contribution in [3.05, 3.63) is 50.4 Å². The molecule has 0 aliphatic rings. The van der Waals surface area contributed by atoms with Crippen molar-refractivity contribution in [3.8, 4) is 0 Å². The number of aryl methyl sites for hydroxylation is 1. The molecule has 0 amide bonds. The van der Waals surface area contributed by atoms with E-state index < -0.39 is 0 Å². The quantitative estimate of drug-likeness (QED) is 0.838. The molecule has 1 aromatic carbocycles. The Bertz CT molecular complexity index is 511. The number of thiazole rings is 1. The zero-order valence-corrected chi connectivity index (χ0v) is 13.7. The van der Waals surface area contributed by atoms with Gasteiger partial charge >= 0.3 is 0 Å². The fraction of sp³-hybridized carbons (Fsp3) is 0.400. The molecule has 1 atom stereocenters. The first kappa shape index (κ1) is 14.7. The number of nitrogens with zero attached hydrogens (tertiary/aromatic N) is 1. The fourth-order valence-electron chi connectivity index (χ4n) is 1.98. The standard InChI is InChI=1S/C15H19BrN2S/c1-3-6-17-14(10-15-18-7-8-19-15)12-5-4-11(2)13(16)9-12/h4-5,7-9,14,17H,3,6,10H2,1-2H3. The predicted octanol–water partition coefficient (Wildman–Crippen LogP) is 4.50. The van der Waals surface area contributed by atoms with Crippen LogP contribution >= 0.6 is 27.3 Å². The van der Waals surface area contributed by atoms with Crippen molar-refractivity contribution < 1.29 is 0 Å². The van der Waals surface area contributed by atoms with Crippen molar-refractivity contribution in [2.45, 2.75) is 32.7 Å². The highest BCUT2D eigenvalue weighted by Crippen LogP contribution is 2.25. The Labute approximate surface area is 127 Å². The van der Waals surface area contributed by atoms with E-state index in [-0.39, 0.29) is 0 Å². The number of halogens is 1. The fourth-order valence-corrected chi connectivity index (χ4v) is 3.04. The largest absolute Gasteiger partial charge is 0.310 e. The van der Waals surface area contributed by atoms with Crippen molar-refractivity contribution in [2.24, 2.45) is 0 Å². The van der Waals surface area contributed by atoms with Crippen molar-refractivity contribution in [3.63, 3.8) is 0 Å². The molecular weight excluding hydrogens is 320 g/mol. The maximum absolute atomic E-state index is 4.40. The van der Waals surface area contributed by atoms with Crippen LogP contribution in [0.2, 0.25) is 0 Å². The third-order valence-corrected chi connectivity index (χ3v) is 4.76. The number of hydrogen-bond donors (Lipinski definition) is 1. The summed E-state index contributed by atoms with van der Waals surface area (Å²) in [6.45, 7) is 5.34. The number of aromatic nitrogens is 1. The number of nitrogens with one attached hydrogen (secondary N) is 1. The number of benzene rings is 1. The van der Waals surface area contributed by atoms with Crippen LogP contribution in [0.25, 0.3) is 0 Å². The maximum atomic E-state index is 4.40. The SMILES string of the molecule is CCCNC(Cc1nccs1)c1ccc(C)c(Br)c1. The third-order valence-electron chi connectivity index (χ3n) is 3.10. The second-order valence-corrected chi connectivity index (χ2v) is 6.48. The van der Waals surface area contributed by atoms with Crippen LogP contribution in [0, 0.1) is 6.92 Å². The van der Waals surface area contributed by atoms with Gasteiger partial charge in [0.15, 0.2) is 0 Å². The molecule has 0 aliphatic carbocycles. The van der Waals surface area contributed by atoms with Gasteiger partial charge in [0.2, 0.25) is 0 Å². The zero-order valence-electron chi connectivity index (χ0n) is 11.3. The summed E-state index contributed by atoms with van der Waals surface area (Å²) in [4.78, 5) is 4.40. The summed E-state index contributed by atoms with van der Waals surface area (Å²) in [5.74, 6) is 0. The highest BCUT2D eigenvalue weighted by atomic mass is 79.9. The zero-order chi connectivity index (χ0) is 13.7. The lowest BCUT2D eigenvalue weighted by Gasteiger charge is -2.18. The third kappa shape index (κ3) is 4.13. The van der Waals surface area contributed by atoms with Crippen LogP contribution in [0.15, 0.2) is 34.2 Å². The minimum atomic E-state index is 0.336. The molecule has 2 aromatic rings. The first-order valence-corrected chi connectivity index (χ1v) is 8.25. The van der Waals surface area contributed by atoms with Gasteiger partial charge in [0.05, 0.1) is 5.01 Å². The molecule has 1 heterocycles. The molecule has 0 spiro atoms. The summed E-state index contributed by atoms with van der Waals surface area (Å²) in [6, 6.07) is 6.93. The maximum Gasteiger partial charge on any atom is 0.0943 e. The Morgan fingerprint density at radius 2 is 2.26 bits per heavy atom. The van der Waals surface area contributed by atoms with E-state index in [0.29, 0.717) is 6.04 Å². The Balaban J connectivity index is 2.18. The van der Waals surface area contributed by atoms with Gasteiger partial charge in [0.25, 0.3) is 0 Å². The molecule has 2 nitrogen and oxygen atoms in total. The van der Waals surface area contributed by atoms with E-state index in [4.69, 9.17) is 0 Å². The molecule has 0 saturated heterocycles. The molecule has 4 heteroatoms. The molecule has 2 rings (SSSR count). The van der Waals surface area contributed by atoms with Crippen molar-refractivity contribution in [1.29, 1.82) is 0 Å². The monoisotopic (exact) mass is 338 g/mol. The van der Waals surface area contributed by atoms with E-state index in [2.05, 4.69) is 58.3 Å². The first-order chi connectivity index (χ1) is 9.20. The van der Waals surface area contributed by atoms with Crippen LogP contribution in [0.1, 0.15) is 35.5 Å². The average molecular weight is 339 g/mol. The van der Waals surface area contributed by atoms with Gasteiger partial charge in [-0.2, -0.15) is 0 Å². The lowest BCUT2D eigenvalue weighted by Crippen LogP contribution is -2.24. The number of hydrogen-bond acceptors (Lipinski definition) is 3. The van der Waals surface area contributed by atoms with Crippen molar-refractivity contribution in [1.82, 2.24) is 10.3 Å². The molecule has 0 fully saturated rings. The van der Waals surface area contributed by atoms with Crippen LogP contribution in [0.3, 0.4) is 0 Å². The van der Waals surface area contributed by atoms with Gasteiger partial charge < -0.3 is 5.32 Å². The average Bonchev–Trinajstić information content (AvgIpc) is 2.91. The lowest BCUT2D eigenvalue weighted by molar-refractivity contribution is 0.528. The molecule has 1 N–H and O–H groups in total. The van der Waals surface area contributed by atoms with Crippen LogP contribution in [0.4, 0.5) is 0 Å². The van der Waals surface area contributed by atoms with E-state index in [1.165, 1.54) is 20.6 Å². The van der Waals surface area contributed by atoms with Gasteiger partial charge in [-0.3, -0.25) is 0 Å². The molecule has 19 heavy (non-hydrogen) atoms. The summed E-state index contributed by atoms with van der Waals surface area (Å²) >= 11 is 5.34. The molecule has 0 radical (unpaired) electrons. The molecular formula is C15H19BrN2S. The summed E-state index contributed by atoms with van der Waals surface area (Å²) in [5, 5.41) is 6.84. The van der Waals surface area contributed by atoms with Gasteiger partial charge in [-0.15, -0.1) is 11.3 Å². The molecule has 0 aliphatic heterocycles. The van der Waals surface area contributed by atoms with Crippen LogP contribution in [-0.4, -0.2) is 11.5 Å². The van der Waals surface area contributed by atoms with Gasteiger partial charge in [-0.05, 0) is 37.1 Å². The van der Waals surface area contributed by atoms with E-state index in [1.807, 2.05) is 11.6 Å². The smallest absolute Gasteiger partial charge is 0.0943 e. The van der Waals surface area contributed by atoms with E-state index >= 15 is 0 Å². The Morgan fingerprint density at radius 3 is 2.89 bits per heavy atom. The second-order valence-electron chi connectivity index (χ2n) is 4.65. The Morgan fingerprint density at radius 1 is 1.42 bits per heavy atom. The second kappa shape index (κ2) is 7.17. The number of rotatable bonds is 6. The lowest BCUT2D eigenvalue weighted by atomic mass is 10.0. The van der Waals surface area contributed by atoms with Gasteiger partial charge in [0.1, 0.15) is 0 Å². The van der Waals surface area contributed by atoms with Crippen LogP contribution in [0.5, 0.6) is 0 Å². The Hall–Kier alpha value is -0.710. The van der Waals surface area contributed by atoms with Crippen LogP contribution < -0.4 is 5.32 Å². The van der Waals surface area contributed by atoms with Crippen LogP contribution in [-0.2, 0) is 6.42 Å². The summed E-state index contributed by atoms with van der Waals surface area (Å²) in [5.41, 5.74) is 2.59. The van der Waals surface area contributed by atoms with Crippen molar-refractivity contribution in [2.75, 3.05) is 6.54 Å². The van der Waals surface area contributed by atoms with E-state index in [1.54, 1.807) is 11.3 Å². The summed E-state index contributed by atoms with van der Waals surface area (Å²) in [7, 11) is 0. The Kier molecular flexibility index (Phi) is 5.55.